The zero-order valence-corrected chi connectivity index (χ0v) is 18.3. The molecule has 0 heterocycles. The molecule has 152 valence electrons. The Hall–Kier alpha value is -1.87. The minimum atomic E-state index is -0.562. The van der Waals surface area contributed by atoms with Crippen molar-refractivity contribution in [3.63, 3.8) is 0 Å². The smallest absolute Gasteiger partial charge is 0.408 e. The van der Waals surface area contributed by atoms with Crippen molar-refractivity contribution in [2.24, 2.45) is 0 Å². The zero-order valence-electron chi connectivity index (χ0n) is 17.2. The van der Waals surface area contributed by atoms with Gasteiger partial charge in [-0.1, -0.05) is 62.5 Å². The van der Waals surface area contributed by atoms with Gasteiger partial charge in [0.15, 0.2) is 0 Å². The Morgan fingerprint density at radius 1 is 1.19 bits per heavy atom. The number of nitrogens with one attached hydrogen (secondary N) is 1. The summed E-state index contributed by atoms with van der Waals surface area (Å²) in [6, 6.07) is 9.21. The second-order valence-electron chi connectivity index (χ2n) is 7.03. The Labute approximate surface area is 166 Å². The van der Waals surface area contributed by atoms with E-state index < -0.39 is 11.7 Å². The summed E-state index contributed by atoms with van der Waals surface area (Å²) >= 11 is 0. The Bertz CT molecular complexity index is 567. The van der Waals surface area contributed by atoms with E-state index in [1.54, 1.807) is 32.7 Å². The second-order valence-corrected chi connectivity index (χ2v) is 7.41. The van der Waals surface area contributed by atoms with E-state index in [0.717, 1.165) is 5.56 Å². The molecule has 6 heteroatoms. The molecule has 0 saturated carbocycles. The minimum Gasteiger partial charge on any atom is -0.461 e. The molecule has 1 N–H and O–H groups in total. The molecular formula is C21H34NO4P. The molecule has 0 aromatic heterocycles. The fraction of sp³-hybridized carbons (Fsp3) is 0.524. The summed E-state index contributed by atoms with van der Waals surface area (Å²) in [4.78, 5) is 23.7. The van der Waals surface area contributed by atoms with Gasteiger partial charge in [-0.3, -0.25) is 4.79 Å². The molecule has 0 aliphatic heterocycles. The quantitative estimate of drug-likeness (QED) is 0.508. The molecule has 1 amide bonds. The van der Waals surface area contributed by atoms with E-state index in [4.69, 9.17) is 9.47 Å². The van der Waals surface area contributed by atoms with E-state index in [2.05, 4.69) is 28.4 Å². The van der Waals surface area contributed by atoms with E-state index >= 15 is 0 Å². The van der Waals surface area contributed by atoms with Crippen LogP contribution in [0.25, 0.3) is 0 Å². The molecule has 5 nitrogen and oxygen atoms in total. The van der Waals surface area contributed by atoms with Gasteiger partial charge in [0.05, 0.1) is 6.04 Å². The van der Waals surface area contributed by atoms with Crippen LogP contribution < -0.4 is 5.32 Å². The first-order valence-electron chi connectivity index (χ1n) is 9.29. The predicted octanol–water partition coefficient (Wildman–Crippen LogP) is 5.21. The van der Waals surface area contributed by atoms with Gasteiger partial charge in [0.1, 0.15) is 12.2 Å². The lowest BCUT2D eigenvalue weighted by Crippen LogP contribution is -2.38. The van der Waals surface area contributed by atoms with Gasteiger partial charge in [0.25, 0.3) is 0 Å². The predicted molar refractivity (Wildman–Crippen MR) is 113 cm³/mol. The Morgan fingerprint density at radius 3 is 2.30 bits per heavy atom. The van der Waals surface area contributed by atoms with Crippen LogP contribution >= 0.6 is 9.24 Å². The van der Waals surface area contributed by atoms with Crippen LogP contribution in [0.4, 0.5) is 4.79 Å². The third-order valence-electron chi connectivity index (χ3n) is 2.95. The van der Waals surface area contributed by atoms with Crippen LogP contribution in [0.15, 0.2) is 42.2 Å². The number of alkyl carbamates (subject to hydrolysis) is 1. The third-order valence-corrected chi connectivity index (χ3v) is 3.17. The number of esters is 1. The highest BCUT2D eigenvalue weighted by Crippen LogP contribution is 2.09. The van der Waals surface area contributed by atoms with Crippen LogP contribution in [-0.2, 0) is 20.9 Å². The van der Waals surface area contributed by atoms with Crippen molar-refractivity contribution < 1.29 is 19.1 Å². The Balaban J connectivity index is 0.00000210. The SMILES string of the molecule is CC(C)(C)OC(=O)N[C@H](/C=C\P)CCC(=O)OCc1ccccc1.CCC. The maximum absolute atomic E-state index is 11.8. The van der Waals surface area contributed by atoms with E-state index in [1.807, 2.05) is 30.3 Å². The maximum Gasteiger partial charge on any atom is 0.408 e. The van der Waals surface area contributed by atoms with Crippen molar-refractivity contribution >= 4 is 21.3 Å². The first-order valence-corrected chi connectivity index (χ1v) is 9.95. The molecule has 1 aromatic rings. The zero-order chi connectivity index (χ0) is 20.7. The van der Waals surface area contributed by atoms with Crippen molar-refractivity contribution in [1.29, 1.82) is 0 Å². The van der Waals surface area contributed by atoms with Crippen LogP contribution in [0, 0.1) is 0 Å². The van der Waals surface area contributed by atoms with Crippen molar-refractivity contribution in [1.82, 2.24) is 5.32 Å². The normalized spacial score (nSPS) is 11.9. The Morgan fingerprint density at radius 2 is 1.78 bits per heavy atom. The standard InChI is InChI=1S/C18H26NO4P.C3H8/c1-18(2,3)23-17(21)19-15(11-12-24)9-10-16(20)22-13-14-7-5-4-6-8-14;1-3-2/h4-8,11-12,15H,9-10,13,24H2,1-3H3,(H,19,21);3H2,1-2H3/b12-11-;/t15-;/m0./s1. The molecule has 0 saturated heterocycles. The lowest BCUT2D eigenvalue weighted by molar-refractivity contribution is -0.145. The van der Waals surface area contributed by atoms with Gasteiger partial charge in [-0.05, 0) is 32.8 Å². The van der Waals surface area contributed by atoms with Crippen molar-refractivity contribution in [2.45, 2.75) is 72.1 Å². The summed E-state index contributed by atoms with van der Waals surface area (Å²) in [6.45, 7) is 9.90. The van der Waals surface area contributed by atoms with Crippen molar-refractivity contribution in [3.8, 4) is 0 Å². The summed E-state index contributed by atoms with van der Waals surface area (Å²) < 4.78 is 10.4. The van der Waals surface area contributed by atoms with Crippen LogP contribution in [0.3, 0.4) is 0 Å². The van der Waals surface area contributed by atoms with Gasteiger partial charge in [0.2, 0.25) is 0 Å². The average Bonchev–Trinajstić information content (AvgIpc) is 2.58. The maximum atomic E-state index is 11.8. The van der Waals surface area contributed by atoms with E-state index in [-0.39, 0.29) is 25.0 Å². The van der Waals surface area contributed by atoms with Gasteiger partial charge < -0.3 is 14.8 Å². The summed E-state index contributed by atoms with van der Waals surface area (Å²) in [7, 11) is 2.45. The molecule has 1 aromatic carbocycles. The Kier molecular flexibility index (Phi) is 13.2. The number of hydrogen-bond donors (Lipinski definition) is 1. The molecule has 0 radical (unpaired) electrons. The summed E-state index contributed by atoms with van der Waals surface area (Å²) in [5.74, 6) is 1.45. The second kappa shape index (κ2) is 14.2. The first kappa shape index (κ1) is 25.1. The number of carbonyl (C=O) groups is 2. The molecule has 0 aliphatic rings. The van der Waals surface area contributed by atoms with Crippen LogP contribution in [0.5, 0.6) is 0 Å². The molecule has 1 unspecified atom stereocenters. The molecule has 0 bridgehead atoms. The largest absolute Gasteiger partial charge is 0.461 e. The van der Waals surface area contributed by atoms with Crippen molar-refractivity contribution in [2.75, 3.05) is 0 Å². The number of carbonyl (C=O) groups excluding carboxylic acids is 2. The van der Waals surface area contributed by atoms with E-state index in [9.17, 15) is 9.59 Å². The lowest BCUT2D eigenvalue weighted by Gasteiger charge is -2.22. The highest BCUT2D eigenvalue weighted by atomic mass is 31.0. The highest BCUT2D eigenvalue weighted by molar-refractivity contribution is 7.20. The third kappa shape index (κ3) is 14.9. The number of benzene rings is 1. The van der Waals surface area contributed by atoms with Gasteiger partial charge in [-0.25, -0.2) is 4.79 Å². The first-order chi connectivity index (χ1) is 12.7. The molecular weight excluding hydrogens is 361 g/mol. The van der Waals surface area contributed by atoms with E-state index in [0.29, 0.717) is 6.42 Å². The van der Waals surface area contributed by atoms with Crippen LogP contribution in [-0.4, -0.2) is 23.7 Å². The topological polar surface area (TPSA) is 64.6 Å². The molecule has 0 spiro atoms. The minimum absolute atomic E-state index is 0.211. The molecule has 0 fully saturated rings. The molecule has 0 aliphatic carbocycles. The molecule has 1 rings (SSSR count). The fourth-order valence-electron chi connectivity index (χ4n) is 1.89. The summed E-state index contributed by atoms with van der Waals surface area (Å²) in [5.41, 5.74) is 0.382. The summed E-state index contributed by atoms with van der Waals surface area (Å²) in [5, 5.41) is 2.73. The summed E-state index contributed by atoms with van der Waals surface area (Å²) in [6.07, 6.45) is 3.19. The molecule has 2 atom stereocenters. The van der Waals surface area contributed by atoms with Gasteiger partial charge in [-0.15, -0.1) is 9.24 Å². The van der Waals surface area contributed by atoms with Crippen LogP contribution in [0.1, 0.15) is 59.4 Å². The van der Waals surface area contributed by atoms with E-state index in [1.165, 1.54) is 6.42 Å². The average molecular weight is 395 g/mol. The van der Waals surface area contributed by atoms with Crippen LogP contribution in [0.2, 0.25) is 0 Å². The highest BCUT2D eigenvalue weighted by Gasteiger charge is 2.19. The number of rotatable bonds is 7. The molecule has 27 heavy (non-hydrogen) atoms. The number of ether oxygens (including phenoxy) is 2. The number of hydrogen-bond acceptors (Lipinski definition) is 4. The number of amides is 1. The van der Waals surface area contributed by atoms with Gasteiger partial charge in [0, 0.05) is 6.42 Å². The van der Waals surface area contributed by atoms with Crippen molar-refractivity contribution in [3.05, 3.63) is 47.8 Å². The van der Waals surface area contributed by atoms with Gasteiger partial charge >= 0.3 is 12.1 Å². The van der Waals surface area contributed by atoms with Gasteiger partial charge in [-0.2, -0.15) is 0 Å². The fourth-order valence-corrected chi connectivity index (χ4v) is 2.16. The lowest BCUT2D eigenvalue weighted by atomic mass is 10.1. The monoisotopic (exact) mass is 395 g/mol.